The summed E-state index contributed by atoms with van der Waals surface area (Å²) in [5.74, 6) is 0. The summed E-state index contributed by atoms with van der Waals surface area (Å²) in [5, 5.41) is 0. The van der Waals surface area contributed by atoms with Crippen molar-refractivity contribution in [2.24, 2.45) is 0 Å². The lowest BCUT2D eigenvalue weighted by Gasteiger charge is -2.28. The molecular weight excluding hydrogens is 234 g/mol. The van der Waals surface area contributed by atoms with Gasteiger partial charge in [-0.3, -0.25) is 0 Å². The molecule has 19 heavy (non-hydrogen) atoms. The molecule has 2 heteroatoms. The molecule has 0 spiro atoms. The van der Waals surface area contributed by atoms with Gasteiger partial charge in [-0.2, -0.15) is 0 Å². The van der Waals surface area contributed by atoms with E-state index in [9.17, 15) is 0 Å². The van der Waals surface area contributed by atoms with Crippen LogP contribution in [0.2, 0.25) is 0 Å². The van der Waals surface area contributed by atoms with Gasteiger partial charge in [0, 0.05) is 13.1 Å². The van der Waals surface area contributed by atoms with Crippen LogP contribution in [-0.4, -0.2) is 37.2 Å². The lowest BCUT2D eigenvalue weighted by atomic mass is 10.1. The molecule has 0 radical (unpaired) electrons. The SMILES string of the molecule is CC.CCCCCCCC.CN1CC2CCC(C1)O2. The molecule has 2 rings (SSSR count). The third-order valence-electron chi connectivity index (χ3n) is 3.68. The average Bonchev–Trinajstić information content (AvgIpc) is 2.77. The van der Waals surface area contributed by atoms with Crippen molar-refractivity contribution in [1.82, 2.24) is 4.90 Å². The highest BCUT2D eigenvalue weighted by Gasteiger charge is 2.31. The molecule has 0 aliphatic carbocycles. The monoisotopic (exact) mass is 271 g/mol. The standard InChI is InChI=1S/C8H18.C7H13NO.C2H6/c1-3-5-7-8-6-4-2;1-8-4-6-2-3-7(5-8)9-6;1-2/h3-8H2,1-2H3;6-7H,2-5H2,1H3;1-2H3. The first-order chi connectivity index (χ1) is 9.26. The number of ether oxygens (including phenoxy) is 1. The highest BCUT2D eigenvalue weighted by Crippen LogP contribution is 2.24. The maximum atomic E-state index is 5.63. The minimum Gasteiger partial charge on any atom is -0.372 e. The Hall–Kier alpha value is -0.0800. The summed E-state index contributed by atoms with van der Waals surface area (Å²) >= 11 is 0. The van der Waals surface area contributed by atoms with Crippen molar-refractivity contribution in [2.75, 3.05) is 20.1 Å². The molecule has 2 unspecified atom stereocenters. The Kier molecular flexibility index (Phi) is 12.9. The first kappa shape index (κ1) is 18.9. The van der Waals surface area contributed by atoms with Crippen molar-refractivity contribution < 1.29 is 4.74 Å². The highest BCUT2D eigenvalue weighted by atomic mass is 16.5. The summed E-state index contributed by atoms with van der Waals surface area (Å²) in [7, 11) is 2.17. The quantitative estimate of drug-likeness (QED) is 0.661. The Labute approximate surface area is 121 Å². The number of nitrogens with zero attached hydrogens (tertiary/aromatic N) is 1. The Morgan fingerprint density at radius 3 is 1.63 bits per heavy atom. The highest BCUT2D eigenvalue weighted by molar-refractivity contribution is 4.82. The zero-order valence-corrected chi connectivity index (χ0v) is 14.1. The van der Waals surface area contributed by atoms with Gasteiger partial charge >= 0.3 is 0 Å². The van der Waals surface area contributed by atoms with Crippen LogP contribution < -0.4 is 0 Å². The molecule has 2 aliphatic rings. The normalized spacial score (nSPS) is 25.1. The number of fused-ring (bicyclic) bond motifs is 2. The molecule has 2 saturated heterocycles. The van der Waals surface area contributed by atoms with Gasteiger partial charge in [-0.15, -0.1) is 0 Å². The van der Waals surface area contributed by atoms with Crippen LogP contribution in [0.3, 0.4) is 0 Å². The maximum Gasteiger partial charge on any atom is 0.0707 e. The predicted molar refractivity (Wildman–Crippen MR) is 85.8 cm³/mol. The van der Waals surface area contributed by atoms with Crippen molar-refractivity contribution in [3.05, 3.63) is 0 Å². The fourth-order valence-electron chi connectivity index (χ4n) is 2.67. The summed E-state index contributed by atoms with van der Waals surface area (Å²) in [6.07, 6.45) is 12.2. The van der Waals surface area contributed by atoms with Crippen LogP contribution in [0.1, 0.15) is 79.1 Å². The fraction of sp³-hybridized carbons (Fsp3) is 1.00. The molecule has 2 nitrogen and oxygen atoms in total. The Bertz CT molecular complexity index is 166. The molecule has 0 amide bonds. The zero-order chi connectivity index (χ0) is 14.5. The van der Waals surface area contributed by atoms with Gasteiger partial charge in [-0.1, -0.05) is 66.2 Å². The van der Waals surface area contributed by atoms with Crippen LogP contribution in [0.5, 0.6) is 0 Å². The molecule has 0 saturated carbocycles. The van der Waals surface area contributed by atoms with Gasteiger partial charge in [0.2, 0.25) is 0 Å². The smallest absolute Gasteiger partial charge is 0.0707 e. The first-order valence-electron chi connectivity index (χ1n) is 8.60. The molecule has 116 valence electrons. The van der Waals surface area contributed by atoms with Gasteiger partial charge in [0.25, 0.3) is 0 Å². The van der Waals surface area contributed by atoms with Crippen molar-refractivity contribution in [1.29, 1.82) is 0 Å². The minimum absolute atomic E-state index is 0.564. The van der Waals surface area contributed by atoms with E-state index in [0.717, 1.165) is 13.1 Å². The molecule has 2 heterocycles. The summed E-state index contributed by atoms with van der Waals surface area (Å²) in [6.45, 7) is 10.8. The molecule has 0 aromatic heterocycles. The molecule has 0 aromatic carbocycles. The van der Waals surface area contributed by atoms with Crippen LogP contribution in [0, 0.1) is 0 Å². The van der Waals surface area contributed by atoms with E-state index in [1.165, 1.54) is 51.4 Å². The van der Waals surface area contributed by atoms with Gasteiger partial charge in [0.1, 0.15) is 0 Å². The average molecular weight is 271 g/mol. The second kappa shape index (κ2) is 12.9. The largest absolute Gasteiger partial charge is 0.372 e. The molecule has 0 aromatic rings. The molecular formula is C17H37NO. The molecule has 0 N–H and O–H groups in total. The third-order valence-corrected chi connectivity index (χ3v) is 3.68. The summed E-state index contributed by atoms with van der Waals surface area (Å²) in [6, 6.07) is 0. The number of hydrogen-bond acceptors (Lipinski definition) is 2. The topological polar surface area (TPSA) is 12.5 Å². The van der Waals surface area contributed by atoms with E-state index in [1.807, 2.05) is 13.8 Å². The molecule has 2 bridgehead atoms. The Morgan fingerprint density at radius 1 is 0.842 bits per heavy atom. The fourth-order valence-corrected chi connectivity index (χ4v) is 2.67. The lowest BCUT2D eigenvalue weighted by molar-refractivity contribution is -0.0293. The van der Waals surface area contributed by atoms with Gasteiger partial charge < -0.3 is 9.64 Å². The number of unbranched alkanes of at least 4 members (excludes halogenated alkanes) is 5. The van der Waals surface area contributed by atoms with Gasteiger partial charge in [0.05, 0.1) is 12.2 Å². The van der Waals surface area contributed by atoms with E-state index in [-0.39, 0.29) is 0 Å². The van der Waals surface area contributed by atoms with E-state index >= 15 is 0 Å². The van der Waals surface area contributed by atoms with Crippen molar-refractivity contribution in [2.45, 2.75) is 91.3 Å². The van der Waals surface area contributed by atoms with E-state index in [1.54, 1.807) is 0 Å². The maximum absolute atomic E-state index is 5.63. The Balaban J connectivity index is 0.000000305. The second-order valence-corrected chi connectivity index (χ2v) is 5.59. The van der Waals surface area contributed by atoms with Crippen LogP contribution in [0.4, 0.5) is 0 Å². The zero-order valence-electron chi connectivity index (χ0n) is 14.1. The van der Waals surface area contributed by atoms with Crippen molar-refractivity contribution >= 4 is 0 Å². The van der Waals surface area contributed by atoms with Crippen LogP contribution in [-0.2, 0) is 4.74 Å². The Morgan fingerprint density at radius 2 is 1.26 bits per heavy atom. The van der Waals surface area contributed by atoms with E-state index < -0.39 is 0 Å². The van der Waals surface area contributed by atoms with Crippen LogP contribution >= 0.6 is 0 Å². The van der Waals surface area contributed by atoms with Crippen LogP contribution in [0.25, 0.3) is 0 Å². The molecule has 2 fully saturated rings. The number of morpholine rings is 1. The summed E-state index contributed by atoms with van der Waals surface area (Å²) in [5.41, 5.74) is 0. The van der Waals surface area contributed by atoms with Gasteiger partial charge in [-0.25, -0.2) is 0 Å². The van der Waals surface area contributed by atoms with E-state index in [2.05, 4.69) is 25.8 Å². The number of likely N-dealkylation sites (N-methyl/N-ethyl adjacent to an activating group) is 1. The second-order valence-electron chi connectivity index (χ2n) is 5.59. The number of rotatable bonds is 5. The molecule has 2 aliphatic heterocycles. The van der Waals surface area contributed by atoms with Crippen molar-refractivity contribution in [3.63, 3.8) is 0 Å². The lowest BCUT2D eigenvalue weighted by Crippen LogP contribution is -2.39. The molecule has 2 atom stereocenters. The number of hydrogen-bond donors (Lipinski definition) is 0. The van der Waals surface area contributed by atoms with E-state index in [0.29, 0.717) is 12.2 Å². The van der Waals surface area contributed by atoms with Gasteiger partial charge in [-0.05, 0) is 19.9 Å². The summed E-state index contributed by atoms with van der Waals surface area (Å²) in [4.78, 5) is 2.37. The first-order valence-corrected chi connectivity index (χ1v) is 8.60. The van der Waals surface area contributed by atoms with Crippen LogP contribution in [0.15, 0.2) is 0 Å². The predicted octanol–water partition coefficient (Wildman–Crippen LogP) is 4.87. The van der Waals surface area contributed by atoms with E-state index in [4.69, 9.17) is 4.74 Å². The summed E-state index contributed by atoms with van der Waals surface area (Å²) < 4.78 is 5.63. The number of likely N-dealkylation sites (tertiary alicyclic amines) is 1. The third kappa shape index (κ3) is 9.45. The van der Waals surface area contributed by atoms with Crippen molar-refractivity contribution in [3.8, 4) is 0 Å². The minimum atomic E-state index is 0.564. The van der Waals surface area contributed by atoms with Gasteiger partial charge in [0.15, 0.2) is 0 Å².